The Morgan fingerprint density at radius 1 is 1.40 bits per heavy atom. The van der Waals surface area contributed by atoms with E-state index in [0.717, 1.165) is 11.9 Å². The van der Waals surface area contributed by atoms with Gasteiger partial charge in [-0.15, -0.1) is 0 Å². The van der Waals surface area contributed by atoms with Gasteiger partial charge in [-0.25, -0.2) is 9.37 Å². The van der Waals surface area contributed by atoms with Crippen LogP contribution in [-0.2, 0) is 0 Å². The second-order valence-corrected chi connectivity index (χ2v) is 3.58. The number of hydrogen-bond acceptors (Lipinski definition) is 2. The Bertz CT molecular complexity index is 499. The summed E-state index contributed by atoms with van der Waals surface area (Å²) in [7, 11) is 0. The zero-order chi connectivity index (χ0) is 10.8. The summed E-state index contributed by atoms with van der Waals surface area (Å²) in [5, 5.41) is 5.00. The lowest BCUT2D eigenvalue weighted by Crippen LogP contribution is -1.99. The van der Waals surface area contributed by atoms with Gasteiger partial charge in [0.05, 0.1) is 5.02 Å². The van der Waals surface area contributed by atoms with E-state index < -0.39 is 0 Å². The number of pyridine rings is 1. The van der Waals surface area contributed by atoms with E-state index in [4.69, 9.17) is 11.6 Å². The van der Waals surface area contributed by atoms with E-state index in [1.165, 1.54) is 12.1 Å². The zero-order valence-electron chi connectivity index (χ0n) is 8.22. The van der Waals surface area contributed by atoms with Gasteiger partial charge in [-0.1, -0.05) is 11.6 Å². The second-order valence-electron chi connectivity index (χ2n) is 3.17. The third kappa shape index (κ3) is 1.88. The molecule has 0 unspecified atom stereocenters. The van der Waals surface area contributed by atoms with Gasteiger partial charge in [0.1, 0.15) is 11.6 Å². The number of nitrogens with zero attached hydrogens (tertiary/aromatic N) is 1. The van der Waals surface area contributed by atoms with E-state index in [1.54, 1.807) is 12.3 Å². The molecule has 1 N–H and O–H groups in total. The molecule has 1 aromatic heterocycles. The van der Waals surface area contributed by atoms with E-state index in [1.807, 2.05) is 6.92 Å². The first-order valence-electron chi connectivity index (χ1n) is 4.70. The maximum Gasteiger partial charge on any atom is 0.133 e. The average Bonchev–Trinajstić information content (AvgIpc) is 2.19. The van der Waals surface area contributed by atoms with Gasteiger partial charge in [0, 0.05) is 23.5 Å². The predicted molar refractivity (Wildman–Crippen MR) is 60.9 cm³/mol. The van der Waals surface area contributed by atoms with Crippen LogP contribution in [0.15, 0.2) is 24.4 Å². The van der Waals surface area contributed by atoms with Crippen LogP contribution in [0, 0.1) is 5.82 Å². The summed E-state index contributed by atoms with van der Waals surface area (Å²) in [4.78, 5) is 4.14. The Morgan fingerprint density at radius 3 is 2.93 bits per heavy atom. The number of aromatic nitrogens is 1. The molecule has 0 radical (unpaired) electrons. The van der Waals surface area contributed by atoms with Crippen molar-refractivity contribution in [2.45, 2.75) is 6.92 Å². The Labute approximate surface area is 92.1 Å². The summed E-state index contributed by atoms with van der Waals surface area (Å²) >= 11 is 5.94. The van der Waals surface area contributed by atoms with Crippen molar-refractivity contribution in [3.8, 4) is 0 Å². The molecule has 0 spiro atoms. The van der Waals surface area contributed by atoms with Crippen molar-refractivity contribution in [1.29, 1.82) is 0 Å². The lowest BCUT2D eigenvalue weighted by Gasteiger charge is -2.07. The van der Waals surface area contributed by atoms with Gasteiger partial charge < -0.3 is 5.32 Å². The molecule has 0 aliphatic heterocycles. The molecule has 15 heavy (non-hydrogen) atoms. The van der Waals surface area contributed by atoms with Crippen molar-refractivity contribution in [2.75, 3.05) is 11.9 Å². The highest BCUT2D eigenvalue weighted by atomic mass is 35.5. The van der Waals surface area contributed by atoms with Gasteiger partial charge in [-0.05, 0) is 25.1 Å². The Morgan fingerprint density at radius 2 is 2.20 bits per heavy atom. The van der Waals surface area contributed by atoms with Gasteiger partial charge >= 0.3 is 0 Å². The number of halogens is 2. The molecule has 0 saturated carbocycles. The number of hydrogen-bond donors (Lipinski definition) is 1. The molecule has 4 heteroatoms. The van der Waals surface area contributed by atoms with Crippen molar-refractivity contribution in [2.24, 2.45) is 0 Å². The fourth-order valence-corrected chi connectivity index (χ4v) is 1.78. The quantitative estimate of drug-likeness (QED) is 0.845. The molecular formula is C11H10ClFN2. The highest BCUT2D eigenvalue weighted by Gasteiger charge is 2.06. The third-order valence-corrected chi connectivity index (χ3v) is 2.45. The van der Waals surface area contributed by atoms with Crippen LogP contribution in [0.4, 0.5) is 10.2 Å². The summed E-state index contributed by atoms with van der Waals surface area (Å²) in [5.74, 6) is 0.316. The zero-order valence-corrected chi connectivity index (χ0v) is 8.98. The molecule has 0 bridgehead atoms. The monoisotopic (exact) mass is 224 g/mol. The van der Waals surface area contributed by atoms with Crippen molar-refractivity contribution < 1.29 is 4.39 Å². The third-order valence-electron chi connectivity index (χ3n) is 2.14. The molecular weight excluding hydrogens is 215 g/mol. The normalized spacial score (nSPS) is 10.6. The minimum Gasteiger partial charge on any atom is -0.370 e. The standard InChI is InChI=1S/C11H10ClFN2/c1-2-14-11-9-5-7(13)6-10(12)8(9)3-4-15-11/h3-6H,2H2,1H3,(H,14,15). The number of anilines is 1. The van der Waals surface area contributed by atoms with E-state index in [2.05, 4.69) is 10.3 Å². The highest BCUT2D eigenvalue weighted by Crippen LogP contribution is 2.28. The first-order valence-corrected chi connectivity index (χ1v) is 5.08. The van der Waals surface area contributed by atoms with Crippen LogP contribution in [0.1, 0.15) is 6.92 Å². The second kappa shape index (κ2) is 4.03. The van der Waals surface area contributed by atoms with Crippen LogP contribution in [0.3, 0.4) is 0 Å². The van der Waals surface area contributed by atoms with Crippen molar-refractivity contribution >= 4 is 28.2 Å². The van der Waals surface area contributed by atoms with E-state index in [0.29, 0.717) is 16.2 Å². The van der Waals surface area contributed by atoms with Gasteiger partial charge in [0.15, 0.2) is 0 Å². The van der Waals surface area contributed by atoms with Gasteiger partial charge in [0.25, 0.3) is 0 Å². The van der Waals surface area contributed by atoms with Gasteiger partial charge in [-0.3, -0.25) is 0 Å². The number of fused-ring (bicyclic) bond motifs is 1. The Kier molecular flexibility index (Phi) is 2.73. The van der Waals surface area contributed by atoms with Crippen LogP contribution >= 0.6 is 11.6 Å². The SMILES string of the molecule is CCNc1nccc2c(Cl)cc(F)cc12. The van der Waals surface area contributed by atoms with Crippen LogP contribution < -0.4 is 5.32 Å². The maximum atomic E-state index is 13.2. The molecule has 0 aliphatic carbocycles. The lowest BCUT2D eigenvalue weighted by atomic mass is 10.1. The summed E-state index contributed by atoms with van der Waals surface area (Å²) in [6, 6.07) is 4.52. The maximum absolute atomic E-state index is 13.2. The first-order chi connectivity index (χ1) is 7.22. The summed E-state index contributed by atoms with van der Waals surface area (Å²) < 4.78 is 13.2. The molecule has 0 amide bonds. The van der Waals surface area contributed by atoms with Crippen LogP contribution in [-0.4, -0.2) is 11.5 Å². The first kappa shape index (κ1) is 10.2. The molecule has 0 aliphatic rings. The van der Waals surface area contributed by atoms with Gasteiger partial charge in [0.2, 0.25) is 0 Å². The molecule has 1 heterocycles. The molecule has 2 rings (SSSR count). The summed E-state index contributed by atoms with van der Waals surface area (Å²) in [6.07, 6.45) is 1.66. The van der Waals surface area contributed by atoms with Crippen molar-refractivity contribution in [3.05, 3.63) is 35.2 Å². The molecule has 0 saturated heterocycles. The molecule has 2 aromatic rings. The minimum absolute atomic E-state index is 0.348. The molecule has 0 fully saturated rings. The Hall–Kier alpha value is -1.35. The minimum atomic E-state index is -0.348. The number of rotatable bonds is 2. The number of nitrogens with one attached hydrogen (secondary N) is 1. The Balaban J connectivity index is 2.73. The van der Waals surface area contributed by atoms with E-state index in [-0.39, 0.29) is 5.82 Å². The largest absolute Gasteiger partial charge is 0.370 e. The van der Waals surface area contributed by atoms with E-state index >= 15 is 0 Å². The average molecular weight is 225 g/mol. The smallest absolute Gasteiger partial charge is 0.133 e. The topological polar surface area (TPSA) is 24.9 Å². The van der Waals surface area contributed by atoms with Crippen LogP contribution in [0.25, 0.3) is 10.8 Å². The molecule has 1 aromatic carbocycles. The number of benzene rings is 1. The van der Waals surface area contributed by atoms with E-state index in [9.17, 15) is 4.39 Å². The van der Waals surface area contributed by atoms with Gasteiger partial charge in [-0.2, -0.15) is 0 Å². The molecule has 78 valence electrons. The fourth-order valence-electron chi connectivity index (χ4n) is 1.51. The lowest BCUT2D eigenvalue weighted by molar-refractivity contribution is 0.630. The molecule has 0 atom stereocenters. The predicted octanol–water partition coefficient (Wildman–Crippen LogP) is 3.46. The highest BCUT2D eigenvalue weighted by molar-refractivity contribution is 6.35. The van der Waals surface area contributed by atoms with Crippen LogP contribution in [0.2, 0.25) is 5.02 Å². The molecule has 2 nitrogen and oxygen atoms in total. The fraction of sp³-hybridized carbons (Fsp3) is 0.182. The van der Waals surface area contributed by atoms with Crippen molar-refractivity contribution in [1.82, 2.24) is 4.98 Å². The summed E-state index contributed by atoms with van der Waals surface area (Å²) in [6.45, 7) is 2.70. The van der Waals surface area contributed by atoms with Crippen molar-refractivity contribution in [3.63, 3.8) is 0 Å². The van der Waals surface area contributed by atoms with Crippen LogP contribution in [0.5, 0.6) is 0 Å². The summed E-state index contributed by atoms with van der Waals surface area (Å²) in [5.41, 5.74) is 0.